The summed E-state index contributed by atoms with van der Waals surface area (Å²) in [5.74, 6) is 0. The minimum Gasteiger partial charge on any atom is -0.324 e. The third-order valence-electron chi connectivity index (χ3n) is 3.06. The Morgan fingerprint density at radius 3 is 2.59 bits per heavy atom. The summed E-state index contributed by atoms with van der Waals surface area (Å²) in [5.41, 5.74) is 10.1. The number of halogens is 1. The minimum absolute atomic E-state index is 0.0734. The van der Waals surface area contributed by atoms with Gasteiger partial charge in [-0.15, -0.1) is 11.3 Å². The van der Waals surface area contributed by atoms with Gasteiger partial charge in [-0.3, -0.25) is 0 Å². The molecule has 1 aromatic carbocycles. The fraction of sp³-hybridized carbons (Fsp3) is 0.286. The number of nitrogens with two attached hydrogens (primary N) is 1. The maximum atomic E-state index is 6.26. The van der Waals surface area contributed by atoms with Crippen molar-refractivity contribution in [3.8, 4) is 0 Å². The average Bonchev–Trinajstić information content (AvgIpc) is 2.68. The molecule has 17 heavy (non-hydrogen) atoms. The summed E-state index contributed by atoms with van der Waals surface area (Å²) in [6.07, 6.45) is 0.890. The van der Waals surface area contributed by atoms with E-state index in [1.54, 1.807) is 11.3 Å². The molecule has 1 atom stereocenters. The lowest BCUT2D eigenvalue weighted by Gasteiger charge is -2.13. The second kappa shape index (κ2) is 5.34. The van der Waals surface area contributed by atoms with E-state index in [0.29, 0.717) is 0 Å². The van der Waals surface area contributed by atoms with Gasteiger partial charge in [-0.1, -0.05) is 18.2 Å². The zero-order chi connectivity index (χ0) is 12.4. The van der Waals surface area contributed by atoms with Crippen LogP contribution < -0.4 is 5.73 Å². The van der Waals surface area contributed by atoms with Crippen LogP contribution in [0.25, 0.3) is 0 Å². The van der Waals surface area contributed by atoms with E-state index in [1.165, 1.54) is 26.0 Å². The standard InChI is InChI=1S/C14H16BrNS/c1-9-3-4-11(7-10(9)2)13(16)8-14-12(15)5-6-17-14/h3-7,13H,8,16H2,1-2H3. The summed E-state index contributed by atoms with van der Waals surface area (Å²) >= 11 is 5.30. The molecule has 90 valence electrons. The summed E-state index contributed by atoms with van der Waals surface area (Å²) in [4.78, 5) is 1.32. The van der Waals surface area contributed by atoms with Crippen molar-refractivity contribution in [3.05, 3.63) is 55.7 Å². The second-order valence-electron chi connectivity index (χ2n) is 4.35. The van der Waals surface area contributed by atoms with Crippen LogP contribution in [0.1, 0.15) is 27.6 Å². The second-order valence-corrected chi connectivity index (χ2v) is 6.20. The molecule has 0 aliphatic heterocycles. The van der Waals surface area contributed by atoms with Crippen molar-refractivity contribution in [1.29, 1.82) is 0 Å². The molecule has 0 saturated heterocycles. The molecule has 2 aromatic rings. The van der Waals surface area contributed by atoms with Crippen LogP contribution in [0, 0.1) is 13.8 Å². The fourth-order valence-electron chi connectivity index (χ4n) is 1.78. The largest absolute Gasteiger partial charge is 0.324 e. The molecule has 1 heterocycles. The molecular formula is C14H16BrNS. The van der Waals surface area contributed by atoms with E-state index in [0.717, 1.165) is 6.42 Å². The normalized spacial score (nSPS) is 12.7. The topological polar surface area (TPSA) is 26.0 Å². The van der Waals surface area contributed by atoms with Gasteiger partial charge in [0.05, 0.1) is 0 Å². The maximum absolute atomic E-state index is 6.26. The number of hydrogen-bond donors (Lipinski definition) is 1. The van der Waals surface area contributed by atoms with Crippen molar-refractivity contribution in [2.45, 2.75) is 26.3 Å². The number of hydrogen-bond acceptors (Lipinski definition) is 2. The molecule has 0 aliphatic carbocycles. The van der Waals surface area contributed by atoms with E-state index in [1.807, 2.05) is 0 Å². The predicted molar refractivity (Wildman–Crippen MR) is 78.6 cm³/mol. The van der Waals surface area contributed by atoms with Crippen molar-refractivity contribution in [1.82, 2.24) is 0 Å². The van der Waals surface area contributed by atoms with Gasteiger partial charge >= 0.3 is 0 Å². The lowest BCUT2D eigenvalue weighted by Crippen LogP contribution is -2.13. The van der Waals surface area contributed by atoms with Crippen molar-refractivity contribution < 1.29 is 0 Å². The first-order chi connectivity index (χ1) is 8.08. The highest BCUT2D eigenvalue weighted by atomic mass is 79.9. The van der Waals surface area contributed by atoms with Gasteiger partial charge in [-0.05, 0) is 57.9 Å². The van der Waals surface area contributed by atoms with Crippen LogP contribution in [0.5, 0.6) is 0 Å². The van der Waals surface area contributed by atoms with Gasteiger partial charge in [-0.2, -0.15) is 0 Å². The molecule has 2 N–H and O–H groups in total. The molecule has 1 aromatic heterocycles. The van der Waals surface area contributed by atoms with Gasteiger partial charge in [0.1, 0.15) is 0 Å². The molecule has 0 fully saturated rings. The van der Waals surface area contributed by atoms with E-state index >= 15 is 0 Å². The zero-order valence-corrected chi connectivity index (χ0v) is 12.4. The van der Waals surface area contributed by atoms with E-state index in [4.69, 9.17) is 5.73 Å². The lowest BCUT2D eigenvalue weighted by atomic mass is 9.99. The Bertz CT molecular complexity index is 519. The monoisotopic (exact) mass is 309 g/mol. The molecule has 0 radical (unpaired) electrons. The Kier molecular flexibility index (Phi) is 4.02. The van der Waals surface area contributed by atoms with Gasteiger partial charge in [0.25, 0.3) is 0 Å². The van der Waals surface area contributed by atoms with Crippen LogP contribution in [0.4, 0.5) is 0 Å². The van der Waals surface area contributed by atoms with Gasteiger partial charge in [0.2, 0.25) is 0 Å². The molecule has 0 amide bonds. The summed E-state index contributed by atoms with van der Waals surface area (Å²) in [5, 5.41) is 2.09. The van der Waals surface area contributed by atoms with Gasteiger partial charge in [0, 0.05) is 21.8 Å². The van der Waals surface area contributed by atoms with E-state index in [9.17, 15) is 0 Å². The SMILES string of the molecule is Cc1ccc(C(N)Cc2sccc2Br)cc1C. The zero-order valence-electron chi connectivity index (χ0n) is 10.0. The van der Waals surface area contributed by atoms with Gasteiger partial charge in [0.15, 0.2) is 0 Å². The number of thiophene rings is 1. The lowest BCUT2D eigenvalue weighted by molar-refractivity contribution is 0.727. The third-order valence-corrected chi connectivity index (χ3v) is 5.00. The minimum atomic E-state index is 0.0734. The molecule has 1 nitrogen and oxygen atoms in total. The molecule has 3 heteroatoms. The summed E-state index contributed by atoms with van der Waals surface area (Å²) < 4.78 is 1.17. The Balaban J connectivity index is 2.17. The predicted octanol–water partition coefficient (Wildman–Crippen LogP) is 4.37. The first-order valence-electron chi connectivity index (χ1n) is 5.62. The Morgan fingerprint density at radius 2 is 2.00 bits per heavy atom. The molecule has 2 rings (SSSR count). The van der Waals surface area contributed by atoms with Crippen LogP contribution in [-0.4, -0.2) is 0 Å². The van der Waals surface area contributed by atoms with E-state index in [2.05, 4.69) is 59.4 Å². The highest BCUT2D eigenvalue weighted by Gasteiger charge is 2.11. The Labute approximate surface area is 115 Å². The van der Waals surface area contributed by atoms with Crippen LogP contribution in [-0.2, 0) is 6.42 Å². The Hall–Kier alpha value is -0.640. The van der Waals surface area contributed by atoms with Crippen molar-refractivity contribution in [2.24, 2.45) is 5.73 Å². The number of rotatable bonds is 3. The van der Waals surface area contributed by atoms with Crippen molar-refractivity contribution in [2.75, 3.05) is 0 Å². The van der Waals surface area contributed by atoms with Crippen LogP contribution in [0.2, 0.25) is 0 Å². The molecule has 0 spiro atoms. The molecule has 0 aliphatic rings. The fourth-order valence-corrected chi connectivity index (χ4v) is 3.36. The van der Waals surface area contributed by atoms with Gasteiger partial charge < -0.3 is 5.73 Å². The summed E-state index contributed by atoms with van der Waals surface area (Å²) in [6, 6.07) is 8.63. The number of aryl methyl sites for hydroxylation is 2. The highest BCUT2D eigenvalue weighted by Crippen LogP contribution is 2.27. The Morgan fingerprint density at radius 1 is 1.24 bits per heavy atom. The molecule has 0 bridgehead atoms. The molecule has 1 unspecified atom stereocenters. The molecule has 0 saturated carbocycles. The van der Waals surface area contributed by atoms with Crippen LogP contribution >= 0.6 is 27.3 Å². The van der Waals surface area contributed by atoms with Crippen LogP contribution in [0.15, 0.2) is 34.1 Å². The quantitative estimate of drug-likeness (QED) is 0.895. The first kappa shape index (κ1) is 12.8. The van der Waals surface area contributed by atoms with E-state index in [-0.39, 0.29) is 6.04 Å². The third kappa shape index (κ3) is 2.97. The molecular weight excluding hydrogens is 294 g/mol. The summed E-state index contributed by atoms with van der Waals surface area (Å²) in [7, 11) is 0. The maximum Gasteiger partial charge on any atom is 0.0344 e. The first-order valence-corrected chi connectivity index (χ1v) is 7.30. The van der Waals surface area contributed by atoms with Crippen LogP contribution in [0.3, 0.4) is 0 Å². The van der Waals surface area contributed by atoms with Crippen molar-refractivity contribution in [3.63, 3.8) is 0 Å². The summed E-state index contributed by atoms with van der Waals surface area (Å²) in [6.45, 7) is 4.26. The van der Waals surface area contributed by atoms with E-state index < -0.39 is 0 Å². The average molecular weight is 310 g/mol. The van der Waals surface area contributed by atoms with Gasteiger partial charge in [-0.25, -0.2) is 0 Å². The number of benzene rings is 1. The smallest absolute Gasteiger partial charge is 0.0344 e. The van der Waals surface area contributed by atoms with Crippen molar-refractivity contribution >= 4 is 27.3 Å². The highest BCUT2D eigenvalue weighted by molar-refractivity contribution is 9.10.